The van der Waals surface area contributed by atoms with Gasteiger partial charge in [-0.1, -0.05) is 0 Å². The van der Waals surface area contributed by atoms with Crippen LogP contribution in [0, 0.1) is 11.7 Å². The summed E-state index contributed by atoms with van der Waals surface area (Å²) in [4.78, 5) is 12.2. The molecule has 3 rings (SSSR count). The van der Waals surface area contributed by atoms with E-state index in [1.807, 2.05) is 0 Å². The van der Waals surface area contributed by atoms with Crippen LogP contribution in [0.1, 0.15) is 32.1 Å². The number of ketones is 1. The number of hydrogen-bond acceptors (Lipinski definition) is 3. The Balaban J connectivity index is 1.44. The van der Waals surface area contributed by atoms with E-state index in [4.69, 9.17) is 4.74 Å². The lowest BCUT2D eigenvalue weighted by molar-refractivity contribution is -0.124. The van der Waals surface area contributed by atoms with Crippen LogP contribution >= 0.6 is 0 Å². The summed E-state index contributed by atoms with van der Waals surface area (Å²) >= 11 is 0. The minimum absolute atomic E-state index is 0.200. The Bertz CT molecular complexity index is 462. The smallest absolute Gasteiger partial charge is 0.139 e. The average molecular weight is 277 g/mol. The van der Waals surface area contributed by atoms with Crippen LogP contribution in [0.25, 0.3) is 0 Å². The zero-order valence-corrected chi connectivity index (χ0v) is 11.5. The molecule has 108 valence electrons. The van der Waals surface area contributed by atoms with Gasteiger partial charge in [-0.25, -0.2) is 4.39 Å². The van der Waals surface area contributed by atoms with Gasteiger partial charge in [-0.15, -0.1) is 0 Å². The lowest BCUT2D eigenvalue weighted by atomic mass is 9.88. The average Bonchev–Trinajstić information content (AvgIpc) is 2.79. The molecular formula is C16H20FNO2. The van der Waals surface area contributed by atoms with Crippen molar-refractivity contribution in [2.75, 3.05) is 6.61 Å². The molecule has 0 spiro atoms. The number of halogens is 1. The van der Waals surface area contributed by atoms with Crippen LogP contribution in [-0.2, 0) is 4.79 Å². The van der Waals surface area contributed by atoms with Crippen molar-refractivity contribution in [2.24, 2.45) is 5.92 Å². The standard InChI is InChI=1S/C16H20FNO2/c17-12-1-5-15(6-2-12)20-8-7-16(19)11-9-13-3-4-14(10-11)18-13/h1-2,5-6,11,13-14,18H,3-4,7-10H2. The molecule has 2 heterocycles. The molecule has 2 aliphatic heterocycles. The monoisotopic (exact) mass is 277 g/mol. The molecule has 2 fully saturated rings. The van der Waals surface area contributed by atoms with Gasteiger partial charge >= 0.3 is 0 Å². The van der Waals surface area contributed by atoms with Crippen molar-refractivity contribution in [3.05, 3.63) is 30.1 Å². The molecule has 3 nitrogen and oxygen atoms in total. The van der Waals surface area contributed by atoms with E-state index < -0.39 is 0 Å². The van der Waals surface area contributed by atoms with Crippen LogP contribution in [0.4, 0.5) is 4.39 Å². The van der Waals surface area contributed by atoms with Gasteiger partial charge in [0.15, 0.2) is 0 Å². The van der Waals surface area contributed by atoms with Crippen LogP contribution in [0.15, 0.2) is 24.3 Å². The first-order chi connectivity index (χ1) is 9.70. The number of ether oxygens (including phenoxy) is 1. The number of fused-ring (bicyclic) bond motifs is 2. The number of piperidine rings is 1. The number of carbonyl (C=O) groups excluding carboxylic acids is 1. The normalized spacial score (nSPS) is 28.4. The summed E-state index contributed by atoms with van der Waals surface area (Å²) in [6, 6.07) is 6.99. The van der Waals surface area contributed by atoms with Crippen LogP contribution in [-0.4, -0.2) is 24.5 Å². The lowest BCUT2D eigenvalue weighted by Gasteiger charge is -2.28. The fraction of sp³-hybridized carbons (Fsp3) is 0.562. The van der Waals surface area contributed by atoms with E-state index in [2.05, 4.69) is 5.32 Å². The van der Waals surface area contributed by atoms with Crippen molar-refractivity contribution in [3.63, 3.8) is 0 Å². The van der Waals surface area contributed by atoms with Crippen molar-refractivity contribution in [1.82, 2.24) is 5.32 Å². The van der Waals surface area contributed by atoms with E-state index in [1.54, 1.807) is 12.1 Å². The lowest BCUT2D eigenvalue weighted by Crippen LogP contribution is -2.40. The predicted octanol–water partition coefficient (Wildman–Crippen LogP) is 2.69. The SMILES string of the molecule is O=C(CCOc1ccc(F)cc1)C1CC2CCC(C1)N2. The summed E-state index contributed by atoms with van der Waals surface area (Å²) in [6.07, 6.45) is 4.82. The zero-order valence-electron chi connectivity index (χ0n) is 11.5. The van der Waals surface area contributed by atoms with E-state index in [1.165, 1.54) is 25.0 Å². The van der Waals surface area contributed by atoms with Gasteiger partial charge in [0.1, 0.15) is 17.3 Å². The fourth-order valence-electron chi connectivity index (χ4n) is 3.32. The molecule has 2 bridgehead atoms. The Morgan fingerprint density at radius 2 is 1.85 bits per heavy atom. The third-order valence-corrected chi connectivity index (χ3v) is 4.36. The molecule has 20 heavy (non-hydrogen) atoms. The molecule has 0 radical (unpaired) electrons. The molecule has 0 amide bonds. The summed E-state index contributed by atoms with van der Waals surface area (Å²) in [6.45, 7) is 0.379. The highest BCUT2D eigenvalue weighted by atomic mass is 19.1. The Morgan fingerprint density at radius 3 is 2.50 bits per heavy atom. The molecule has 2 unspecified atom stereocenters. The van der Waals surface area contributed by atoms with Crippen molar-refractivity contribution in [2.45, 2.75) is 44.2 Å². The second-order valence-corrected chi connectivity index (χ2v) is 5.82. The number of carbonyl (C=O) groups is 1. The number of nitrogens with one attached hydrogen (secondary N) is 1. The highest BCUT2D eigenvalue weighted by molar-refractivity contribution is 5.81. The maximum atomic E-state index is 12.7. The highest BCUT2D eigenvalue weighted by Gasteiger charge is 2.36. The number of benzene rings is 1. The summed E-state index contributed by atoms with van der Waals surface area (Å²) in [5, 5.41) is 3.54. The first-order valence-corrected chi connectivity index (χ1v) is 7.38. The van der Waals surface area contributed by atoms with Crippen LogP contribution in [0.2, 0.25) is 0 Å². The number of rotatable bonds is 5. The molecule has 0 saturated carbocycles. The molecule has 0 aromatic heterocycles. The summed E-state index contributed by atoms with van der Waals surface area (Å²) < 4.78 is 18.2. The van der Waals surface area contributed by atoms with Crippen LogP contribution in [0.5, 0.6) is 5.75 Å². The van der Waals surface area contributed by atoms with Gasteiger partial charge in [0.2, 0.25) is 0 Å². The molecule has 2 atom stereocenters. The summed E-state index contributed by atoms with van der Waals surface area (Å²) in [5.41, 5.74) is 0. The molecule has 4 heteroatoms. The first-order valence-electron chi connectivity index (χ1n) is 7.38. The Morgan fingerprint density at radius 1 is 1.20 bits per heavy atom. The maximum absolute atomic E-state index is 12.7. The Kier molecular flexibility index (Phi) is 4.01. The molecular weight excluding hydrogens is 257 g/mol. The largest absolute Gasteiger partial charge is 0.493 e. The molecule has 1 aromatic carbocycles. The van der Waals surface area contributed by atoms with Crippen molar-refractivity contribution in [3.8, 4) is 5.75 Å². The van der Waals surface area contributed by atoms with Gasteiger partial charge in [-0.3, -0.25) is 4.79 Å². The molecule has 2 aliphatic rings. The second kappa shape index (κ2) is 5.92. The second-order valence-electron chi connectivity index (χ2n) is 5.82. The number of hydrogen-bond donors (Lipinski definition) is 1. The van der Waals surface area contributed by atoms with E-state index in [9.17, 15) is 9.18 Å². The van der Waals surface area contributed by atoms with Crippen LogP contribution in [0.3, 0.4) is 0 Å². The van der Waals surface area contributed by atoms with Gasteiger partial charge in [0.25, 0.3) is 0 Å². The van der Waals surface area contributed by atoms with E-state index >= 15 is 0 Å². The quantitative estimate of drug-likeness (QED) is 0.899. The van der Waals surface area contributed by atoms with Gasteiger partial charge in [0, 0.05) is 24.4 Å². The van der Waals surface area contributed by atoms with E-state index in [0.717, 1.165) is 12.8 Å². The minimum atomic E-state index is -0.279. The van der Waals surface area contributed by atoms with Crippen LogP contribution < -0.4 is 10.1 Å². The first kappa shape index (κ1) is 13.6. The van der Waals surface area contributed by atoms with Gasteiger partial charge in [-0.2, -0.15) is 0 Å². The zero-order chi connectivity index (χ0) is 13.9. The van der Waals surface area contributed by atoms with E-state index in [-0.39, 0.29) is 11.7 Å². The molecule has 1 N–H and O–H groups in total. The maximum Gasteiger partial charge on any atom is 0.139 e. The molecule has 2 saturated heterocycles. The predicted molar refractivity (Wildman–Crippen MR) is 74.2 cm³/mol. The molecule has 1 aromatic rings. The van der Waals surface area contributed by atoms with Crippen molar-refractivity contribution in [1.29, 1.82) is 0 Å². The summed E-state index contributed by atoms with van der Waals surface area (Å²) in [5.74, 6) is 0.847. The van der Waals surface area contributed by atoms with Gasteiger partial charge in [0.05, 0.1) is 6.61 Å². The van der Waals surface area contributed by atoms with Gasteiger partial charge in [-0.05, 0) is 49.9 Å². The fourth-order valence-corrected chi connectivity index (χ4v) is 3.32. The third-order valence-electron chi connectivity index (χ3n) is 4.36. The van der Waals surface area contributed by atoms with E-state index in [0.29, 0.717) is 36.6 Å². The van der Waals surface area contributed by atoms with Crippen molar-refractivity contribution < 1.29 is 13.9 Å². The number of Topliss-reactive ketones (excluding diaryl/α,β-unsaturated/α-hetero) is 1. The topological polar surface area (TPSA) is 38.3 Å². The Labute approximate surface area is 118 Å². The van der Waals surface area contributed by atoms with Gasteiger partial charge < -0.3 is 10.1 Å². The summed E-state index contributed by atoms with van der Waals surface area (Å²) in [7, 11) is 0. The van der Waals surface area contributed by atoms with Crippen molar-refractivity contribution >= 4 is 5.78 Å². The minimum Gasteiger partial charge on any atom is -0.493 e. The molecule has 0 aliphatic carbocycles. The Hall–Kier alpha value is -1.42. The third kappa shape index (κ3) is 3.18. The highest BCUT2D eigenvalue weighted by Crippen LogP contribution is 2.31.